The summed E-state index contributed by atoms with van der Waals surface area (Å²) < 4.78 is 0. The van der Waals surface area contributed by atoms with Crippen LogP contribution >= 0.6 is 0 Å². The molecule has 8 heteroatoms. The average molecular weight is 191 g/mol. The Labute approximate surface area is 72.9 Å². The van der Waals surface area contributed by atoms with E-state index in [1.54, 1.807) is 0 Å². The van der Waals surface area contributed by atoms with Gasteiger partial charge in [0, 0.05) is 0 Å². The quantitative estimate of drug-likeness (QED) is 0.338. The first-order chi connectivity index (χ1) is 5.93. The van der Waals surface area contributed by atoms with E-state index in [1.165, 1.54) is 0 Å². The molecule has 0 radical (unpaired) electrons. The Morgan fingerprint density at radius 2 is 1.69 bits per heavy atom. The summed E-state index contributed by atoms with van der Waals surface area (Å²) in [7, 11) is 0. The van der Waals surface area contributed by atoms with Gasteiger partial charge in [0.25, 0.3) is 0 Å². The van der Waals surface area contributed by atoms with Crippen molar-refractivity contribution in [2.75, 3.05) is 0 Å². The molecule has 8 nitrogen and oxygen atoms in total. The molecule has 0 fully saturated rings. The second kappa shape index (κ2) is 4.93. The zero-order valence-corrected chi connectivity index (χ0v) is 6.56. The van der Waals surface area contributed by atoms with Crippen molar-refractivity contribution in [3.63, 3.8) is 0 Å². The summed E-state index contributed by atoms with van der Waals surface area (Å²) in [6.07, 6.45) is -1.69. The zero-order valence-electron chi connectivity index (χ0n) is 6.56. The molecule has 6 N–H and O–H groups in total. The fourth-order valence-electron chi connectivity index (χ4n) is 0.444. The Kier molecular flexibility index (Phi) is 4.24. The molecule has 0 bridgehead atoms. The predicted octanol–water partition coefficient (Wildman–Crippen LogP) is -2.26. The summed E-state index contributed by atoms with van der Waals surface area (Å²) in [6.45, 7) is 0. The van der Waals surface area contributed by atoms with E-state index < -0.39 is 30.4 Å². The molecule has 0 saturated carbocycles. The number of amides is 2. The lowest BCUT2D eigenvalue weighted by molar-refractivity contribution is -0.232. The van der Waals surface area contributed by atoms with Crippen LogP contribution in [0.1, 0.15) is 6.42 Å². The van der Waals surface area contributed by atoms with Gasteiger partial charge < -0.3 is 17.2 Å². The molecule has 0 aromatic heterocycles. The van der Waals surface area contributed by atoms with Crippen LogP contribution < -0.4 is 17.2 Å². The minimum absolute atomic E-state index is 0.402. The summed E-state index contributed by atoms with van der Waals surface area (Å²) in [5.74, 6) is -1.87. The normalized spacial score (nSPS) is 11.5. The SMILES string of the molecule is NC(=O)CC(N)C(=O)OOC(N)=O. The van der Waals surface area contributed by atoms with Crippen LogP contribution in [-0.4, -0.2) is 24.0 Å². The fraction of sp³-hybridized carbons (Fsp3) is 0.400. The van der Waals surface area contributed by atoms with Gasteiger partial charge in [0.05, 0.1) is 6.42 Å². The highest BCUT2D eigenvalue weighted by Crippen LogP contribution is 1.91. The Morgan fingerprint density at radius 3 is 2.08 bits per heavy atom. The van der Waals surface area contributed by atoms with E-state index in [2.05, 4.69) is 15.5 Å². The molecule has 0 aromatic rings. The molecule has 0 aromatic carbocycles. The fourth-order valence-corrected chi connectivity index (χ4v) is 0.444. The van der Waals surface area contributed by atoms with Crippen LogP contribution in [0.25, 0.3) is 0 Å². The lowest BCUT2D eigenvalue weighted by atomic mass is 10.2. The number of nitrogens with two attached hydrogens (primary N) is 3. The summed E-state index contributed by atoms with van der Waals surface area (Å²) in [5, 5.41) is 0. The molecule has 0 rings (SSSR count). The average Bonchev–Trinajstić information content (AvgIpc) is 1.98. The van der Waals surface area contributed by atoms with Gasteiger partial charge in [-0.25, -0.2) is 19.4 Å². The van der Waals surface area contributed by atoms with Crippen molar-refractivity contribution in [2.24, 2.45) is 17.2 Å². The molecule has 0 spiro atoms. The van der Waals surface area contributed by atoms with E-state index in [1.807, 2.05) is 0 Å². The summed E-state index contributed by atoms with van der Waals surface area (Å²) in [5.41, 5.74) is 14.3. The van der Waals surface area contributed by atoms with Crippen molar-refractivity contribution < 1.29 is 24.2 Å². The Morgan fingerprint density at radius 1 is 1.15 bits per heavy atom. The van der Waals surface area contributed by atoms with Gasteiger partial charge in [-0.15, -0.1) is 0 Å². The maximum atomic E-state index is 10.7. The molecular formula is C5H9N3O5. The Hall–Kier alpha value is -1.83. The number of hydrogen-bond donors (Lipinski definition) is 3. The topological polar surface area (TPSA) is 148 Å². The minimum atomic E-state index is -1.29. The third-order valence-electron chi connectivity index (χ3n) is 0.930. The number of hydrogen-bond acceptors (Lipinski definition) is 6. The molecule has 2 amide bonds. The van der Waals surface area contributed by atoms with E-state index in [-0.39, 0.29) is 0 Å². The van der Waals surface area contributed by atoms with E-state index in [4.69, 9.17) is 11.5 Å². The third-order valence-corrected chi connectivity index (χ3v) is 0.930. The zero-order chi connectivity index (χ0) is 10.4. The molecule has 0 aliphatic carbocycles. The smallest absolute Gasteiger partial charge is 0.370 e. The molecule has 0 heterocycles. The highest BCUT2D eigenvalue weighted by atomic mass is 17.2. The third kappa shape index (κ3) is 5.44. The Balaban J connectivity index is 3.82. The number of carbonyl (C=O) groups is 3. The van der Waals surface area contributed by atoms with Crippen molar-refractivity contribution in [3.8, 4) is 0 Å². The van der Waals surface area contributed by atoms with Crippen LogP contribution in [0.3, 0.4) is 0 Å². The van der Waals surface area contributed by atoms with Crippen molar-refractivity contribution in [2.45, 2.75) is 12.5 Å². The number of primary amides is 2. The second-order valence-electron chi connectivity index (χ2n) is 2.08. The molecule has 0 saturated heterocycles. The first-order valence-corrected chi connectivity index (χ1v) is 3.15. The highest BCUT2D eigenvalue weighted by Gasteiger charge is 2.19. The van der Waals surface area contributed by atoms with Crippen LogP contribution in [0.4, 0.5) is 4.79 Å². The van der Waals surface area contributed by atoms with Gasteiger partial charge in [0.2, 0.25) is 5.91 Å². The second-order valence-corrected chi connectivity index (χ2v) is 2.08. The van der Waals surface area contributed by atoms with Gasteiger partial charge in [-0.3, -0.25) is 4.79 Å². The molecule has 0 aliphatic heterocycles. The van der Waals surface area contributed by atoms with E-state index in [0.29, 0.717) is 0 Å². The monoisotopic (exact) mass is 191 g/mol. The number of rotatable bonds is 3. The van der Waals surface area contributed by atoms with Gasteiger partial charge in [-0.1, -0.05) is 0 Å². The molecule has 1 atom stereocenters. The van der Waals surface area contributed by atoms with Crippen molar-refractivity contribution in [1.29, 1.82) is 0 Å². The molecule has 1 unspecified atom stereocenters. The van der Waals surface area contributed by atoms with Crippen LogP contribution in [0.2, 0.25) is 0 Å². The lowest BCUT2D eigenvalue weighted by Crippen LogP contribution is -2.37. The van der Waals surface area contributed by atoms with Gasteiger partial charge in [-0.2, -0.15) is 0 Å². The standard InChI is InChI=1S/C5H9N3O5/c6-2(1-3(7)9)4(10)12-13-5(8)11/h2H,1,6H2,(H2,7,9)(H2,8,11). The molecular weight excluding hydrogens is 182 g/mol. The van der Waals surface area contributed by atoms with E-state index in [0.717, 1.165) is 0 Å². The van der Waals surface area contributed by atoms with Crippen molar-refractivity contribution in [1.82, 2.24) is 0 Å². The summed E-state index contributed by atoms with van der Waals surface area (Å²) in [6, 6.07) is -1.27. The van der Waals surface area contributed by atoms with Gasteiger partial charge in [0.1, 0.15) is 6.04 Å². The van der Waals surface area contributed by atoms with Crippen LogP contribution in [-0.2, 0) is 19.4 Å². The van der Waals surface area contributed by atoms with E-state index >= 15 is 0 Å². The molecule has 0 aliphatic rings. The van der Waals surface area contributed by atoms with E-state index in [9.17, 15) is 14.4 Å². The lowest BCUT2D eigenvalue weighted by Gasteiger charge is -2.05. The van der Waals surface area contributed by atoms with Crippen LogP contribution in [0, 0.1) is 0 Å². The molecule has 13 heavy (non-hydrogen) atoms. The first-order valence-electron chi connectivity index (χ1n) is 3.15. The van der Waals surface area contributed by atoms with Crippen molar-refractivity contribution >= 4 is 18.0 Å². The van der Waals surface area contributed by atoms with Crippen LogP contribution in [0.15, 0.2) is 0 Å². The Bertz CT molecular complexity index is 228. The largest absolute Gasteiger partial charge is 0.447 e. The first kappa shape index (κ1) is 11.2. The summed E-state index contributed by atoms with van der Waals surface area (Å²) in [4.78, 5) is 38.4. The predicted molar refractivity (Wildman–Crippen MR) is 38.5 cm³/mol. The van der Waals surface area contributed by atoms with Gasteiger partial charge in [-0.05, 0) is 0 Å². The maximum absolute atomic E-state index is 10.7. The van der Waals surface area contributed by atoms with Crippen molar-refractivity contribution in [3.05, 3.63) is 0 Å². The maximum Gasteiger partial charge on any atom is 0.447 e. The van der Waals surface area contributed by atoms with Crippen LogP contribution in [0.5, 0.6) is 0 Å². The minimum Gasteiger partial charge on any atom is -0.370 e. The molecule has 74 valence electrons. The highest BCUT2D eigenvalue weighted by molar-refractivity contribution is 5.84. The summed E-state index contributed by atoms with van der Waals surface area (Å²) >= 11 is 0. The number of carbonyl (C=O) groups excluding carboxylic acids is 3. The van der Waals surface area contributed by atoms with Gasteiger partial charge in [0.15, 0.2) is 0 Å². The van der Waals surface area contributed by atoms with Gasteiger partial charge >= 0.3 is 12.1 Å².